The van der Waals surface area contributed by atoms with E-state index in [2.05, 4.69) is 29.2 Å². The minimum absolute atomic E-state index is 0.649. The number of H-pyrrole nitrogens is 1. The van der Waals surface area contributed by atoms with Gasteiger partial charge in [-0.2, -0.15) is 0 Å². The molecule has 0 bridgehead atoms. The molecule has 1 saturated carbocycles. The Morgan fingerprint density at radius 1 is 1.29 bits per heavy atom. The highest BCUT2D eigenvalue weighted by Gasteiger charge is 2.28. The molecule has 2 nitrogen and oxygen atoms in total. The minimum atomic E-state index is 0.649. The number of aromatic nitrogens is 1. The Balaban J connectivity index is 2.28. The van der Waals surface area contributed by atoms with Gasteiger partial charge in [0.25, 0.3) is 0 Å². The van der Waals surface area contributed by atoms with E-state index >= 15 is 0 Å². The molecule has 72 valence electrons. The number of rotatable bonds is 2. The van der Waals surface area contributed by atoms with Crippen molar-refractivity contribution in [1.82, 2.24) is 4.98 Å². The monoisotopic (exact) mass is 186 g/mol. The summed E-state index contributed by atoms with van der Waals surface area (Å²) < 4.78 is 0. The van der Waals surface area contributed by atoms with Crippen LogP contribution in [0.4, 0.5) is 0 Å². The maximum atomic E-state index is 5.81. The topological polar surface area (TPSA) is 41.8 Å². The summed E-state index contributed by atoms with van der Waals surface area (Å²) in [5, 5.41) is 1.30. The lowest BCUT2D eigenvalue weighted by molar-refractivity contribution is 0.978. The number of para-hydroxylation sites is 1. The minimum Gasteiger partial charge on any atom is -0.358 e. The highest BCUT2D eigenvalue weighted by Crippen LogP contribution is 2.42. The van der Waals surface area contributed by atoms with E-state index in [1.807, 2.05) is 0 Å². The summed E-state index contributed by atoms with van der Waals surface area (Å²) in [5.74, 6) is 0.751. The smallest absolute Gasteiger partial charge is 0.0459 e. The molecule has 1 aliphatic rings. The number of hydrogen-bond acceptors (Lipinski definition) is 1. The van der Waals surface area contributed by atoms with Crippen LogP contribution in [0.25, 0.3) is 10.9 Å². The second kappa shape index (κ2) is 2.85. The lowest BCUT2D eigenvalue weighted by Gasteiger charge is -1.98. The first-order valence-corrected chi connectivity index (χ1v) is 5.19. The maximum Gasteiger partial charge on any atom is 0.0459 e. The van der Waals surface area contributed by atoms with E-state index < -0.39 is 0 Å². The predicted molar refractivity (Wildman–Crippen MR) is 58.2 cm³/mol. The fourth-order valence-electron chi connectivity index (χ4n) is 2.16. The second-order valence-corrected chi connectivity index (χ2v) is 4.04. The first-order valence-electron chi connectivity index (χ1n) is 5.19. The lowest BCUT2D eigenvalue weighted by atomic mass is 10.1. The third kappa shape index (κ3) is 1.07. The van der Waals surface area contributed by atoms with Crippen molar-refractivity contribution in [2.45, 2.75) is 25.3 Å². The van der Waals surface area contributed by atoms with Crippen molar-refractivity contribution < 1.29 is 0 Å². The van der Waals surface area contributed by atoms with Gasteiger partial charge in [0.1, 0.15) is 0 Å². The standard InChI is InChI=1S/C12H14N2/c13-7-10-9-3-1-2-4-11(9)14-12(10)8-5-6-8/h1-4,8,14H,5-7,13H2. The van der Waals surface area contributed by atoms with Crippen LogP contribution < -0.4 is 5.73 Å². The second-order valence-electron chi connectivity index (χ2n) is 4.04. The van der Waals surface area contributed by atoms with Gasteiger partial charge in [-0.05, 0) is 30.4 Å². The van der Waals surface area contributed by atoms with Gasteiger partial charge in [0, 0.05) is 23.1 Å². The molecule has 1 aromatic carbocycles. The molecular formula is C12H14N2. The molecule has 1 fully saturated rings. The molecule has 0 atom stereocenters. The van der Waals surface area contributed by atoms with Crippen LogP contribution in [-0.2, 0) is 6.54 Å². The Morgan fingerprint density at radius 2 is 2.07 bits per heavy atom. The van der Waals surface area contributed by atoms with Crippen molar-refractivity contribution >= 4 is 10.9 Å². The molecule has 3 N–H and O–H groups in total. The van der Waals surface area contributed by atoms with Gasteiger partial charge < -0.3 is 10.7 Å². The van der Waals surface area contributed by atoms with E-state index in [4.69, 9.17) is 5.73 Å². The summed E-state index contributed by atoms with van der Waals surface area (Å²) >= 11 is 0. The van der Waals surface area contributed by atoms with Gasteiger partial charge in [-0.15, -0.1) is 0 Å². The van der Waals surface area contributed by atoms with E-state index in [-0.39, 0.29) is 0 Å². The summed E-state index contributed by atoms with van der Waals surface area (Å²) in [5.41, 5.74) is 9.74. The van der Waals surface area contributed by atoms with E-state index in [1.165, 1.54) is 35.0 Å². The SMILES string of the molecule is NCc1c(C2CC2)[nH]c2ccccc12. The van der Waals surface area contributed by atoms with E-state index in [0.29, 0.717) is 6.54 Å². The number of benzene rings is 1. The van der Waals surface area contributed by atoms with E-state index in [1.54, 1.807) is 0 Å². The molecule has 1 heterocycles. The van der Waals surface area contributed by atoms with Gasteiger partial charge in [0.2, 0.25) is 0 Å². The van der Waals surface area contributed by atoms with Crippen molar-refractivity contribution in [3.8, 4) is 0 Å². The van der Waals surface area contributed by atoms with Gasteiger partial charge in [-0.3, -0.25) is 0 Å². The van der Waals surface area contributed by atoms with Crippen molar-refractivity contribution in [2.75, 3.05) is 0 Å². The van der Waals surface area contributed by atoms with Crippen LogP contribution in [-0.4, -0.2) is 4.98 Å². The number of fused-ring (bicyclic) bond motifs is 1. The first-order chi connectivity index (χ1) is 6.90. The average Bonchev–Trinajstić information content (AvgIpc) is 2.99. The Labute approximate surface area is 83.1 Å². The molecule has 14 heavy (non-hydrogen) atoms. The predicted octanol–water partition coefficient (Wildman–Crippen LogP) is 2.50. The molecule has 1 aliphatic carbocycles. The van der Waals surface area contributed by atoms with Crippen LogP contribution in [0, 0.1) is 0 Å². The zero-order valence-electron chi connectivity index (χ0n) is 8.09. The van der Waals surface area contributed by atoms with Crippen LogP contribution in [0.5, 0.6) is 0 Å². The van der Waals surface area contributed by atoms with Crippen molar-refractivity contribution in [1.29, 1.82) is 0 Å². The molecule has 2 heteroatoms. The van der Waals surface area contributed by atoms with Gasteiger partial charge in [0.05, 0.1) is 0 Å². The van der Waals surface area contributed by atoms with Gasteiger partial charge in [-0.1, -0.05) is 18.2 Å². The zero-order chi connectivity index (χ0) is 9.54. The van der Waals surface area contributed by atoms with Crippen LogP contribution in [0.3, 0.4) is 0 Å². The summed E-state index contributed by atoms with van der Waals surface area (Å²) in [6.45, 7) is 0.649. The highest BCUT2D eigenvalue weighted by molar-refractivity contribution is 5.84. The molecule has 0 amide bonds. The number of nitrogens with two attached hydrogens (primary N) is 1. The molecule has 3 rings (SSSR count). The lowest BCUT2D eigenvalue weighted by Crippen LogP contribution is -1.98. The summed E-state index contributed by atoms with van der Waals surface area (Å²) in [4.78, 5) is 3.50. The van der Waals surface area contributed by atoms with Crippen LogP contribution in [0.2, 0.25) is 0 Å². The van der Waals surface area contributed by atoms with Crippen LogP contribution in [0.1, 0.15) is 30.0 Å². The van der Waals surface area contributed by atoms with Gasteiger partial charge in [-0.25, -0.2) is 0 Å². The molecule has 0 unspecified atom stereocenters. The Morgan fingerprint density at radius 3 is 2.79 bits per heavy atom. The summed E-state index contributed by atoms with van der Waals surface area (Å²) in [6, 6.07) is 8.42. The fourth-order valence-corrected chi connectivity index (χ4v) is 2.16. The van der Waals surface area contributed by atoms with Crippen molar-refractivity contribution in [3.63, 3.8) is 0 Å². The third-order valence-corrected chi connectivity index (χ3v) is 3.04. The third-order valence-electron chi connectivity index (χ3n) is 3.04. The van der Waals surface area contributed by atoms with Crippen LogP contribution in [0.15, 0.2) is 24.3 Å². The quantitative estimate of drug-likeness (QED) is 0.743. The molecule has 0 aliphatic heterocycles. The van der Waals surface area contributed by atoms with Crippen LogP contribution >= 0.6 is 0 Å². The van der Waals surface area contributed by atoms with Gasteiger partial charge >= 0.3 is 0 Å². The van der Waals surface area contributed by atoms with E-state index in [0.717, 1.165) is 5.92 Å². The Kier molecular flexibility index (Phi) is 1.64. The largest absolute Gasteiger partial charge is 0.358 e. The molecule has 0 radical (unpaired) electrons. The van der Waals surface area contributed by atoms with Crippen molar-refractivity contribution in [3.05, 3.63) is 35.5 Å². The number of hydrogen-bond donors (Lipinski definition) is 2. The number of nitrogens with one attached hydrogen (secondary N) is 1. The molecule has 0 saturated heterocycles. The first kappa shape index (κ1) is 8.06. The molecule has 1 aromatic heterocycles. The van der Waals surface area contributed by atoms with E-state index in [9.17, 15) is 0 Å². The molecule has 2 aromatic rings. The molecule has 0 spiro atoms. The fraction of sp³-hybridized carbons (Fsp3) is 0.333. The Bertz CT molecular complexity index is 466. The maximum absolute atomic E-state index is 5.81. The molecular weight excluding hydrogens is 172 g/mol. The number of aromatic amines is 1. The van der Waals surface area contributed by atoms with Crippen molar-refractivity contribution in [2.24, 2.45) is 5.73 Å². The normalized spacial score (nSPS) is 16.4. The average molecular weight is 186 g/mol. The summed E-state index contributed by atoms with van der Waals surface area (Å²) in [7, 11) is 0. The highest BCUT2D eigenvalue weighted by atomic mass is 14.8. The Hall–Kier alpha value is -1.28. The zero-order valence-corrected chi connectivity index (χ0v) is 8.09. The summed E-state index contributed by atoms with van der Waals surface area (Å²) in [6.07, 6.45) is 2.64. The van der Waals surface area contributed by atoms with Gasteiger partial charge in [0.15, 0.2) is 0 Å².